The third-order valence-corrected chi connectivity index (χ3v) is 1.43. The Kier molecular flexibility index (Phi) is 2.28. The molecule has 1 aromatic carbocycles. The van der Waals surface area contributed by atoms with Gasteiger partial charge in [0.15, 0.2) is 0 Å². The van der Waals surface area contributed by atoms with Crippen molar-refractivity contribution in [1.82, 2.24) is 0 Å². The number of anilines is 1. The number of rotatable bonds is 2. The summed E-state index contributed by atoms with van der Waals surface area (Å²) in [6, 6.07) is 4.05. The number of nitrogen functional groups attached to an aromatic ring is 1. The minimum Gasteiger partial charge on any atom is -0.399 e. The number of carbonyl (C=O) groups excluding carboxylic acids is 1. The first-order valence-corrected chi connectivity index (χ1v) is 3.42. The van der Waals surface area contributed by atoms with Crippen molar-refractivity contribution in [2.24, 2.45) is 5.73 Å². The molecule has 0 aromatic heterocycles. The average molecular weight is 168 g/mol. The predicted molar refractivity (Wildman–Crippen MR) is 43.7 cm³/mol. The van der Waals surface area contributed by atoms with E-state index in [1.54, 1.807) is 0 Å². The first-order chi connectivity index (χ1) is 5.59. The fourth-order valence-electron chi connectivity index (χ4n) is 0.918. The van der Waals surface area contributed by atoms with Gasteiger partial charge < -0.3 is 11.5 Å². The van der Waals surface area contributed by atoms with Crippen molar-refractivity contribution in [3.8, 4) is 0 Å². The van der Waals surface area contributed by atoms with Crippen molar-refractivity contribution in [3.63, 3.8) is 0 Å². The van der Waals surface area contributed by atoms with E-state index in [1.807, 2.05) is 0 Å². The summed E-state index contributed by atoms with van der Waals surface area (Å²) in [6.45, 7) is 0. The van der Waals surface area contributed by atoms with E-state index in [2.05, 4.69) is 0 Å². The lowest BCUT2D eigenvalue weighted by molar-refractivity contribution is -0.117. The molecule has 4 heteroatoms. The molecule has 0 saturated heterocycles. The van der Waals surface area contributed by atoms with Crippen LogP contribution in [-0.4, -0.2) is 5.91 Å². The van der Waals surface area contributed by atoms with Gasteiger partial charge in [-0.1, -0.05) is 0 Å². The van der Waals surface area contributed by atoms with Crippen LogP contribution in [0.3, 0.4) is 0 Å². The summed E-state index contributed by atoms with van der Waals surface area (Å²) in [4.78, 5) is 10.4. The first-order valence-electron chi connectivity index (χ1n) is 3.42. The van der Waals surface area contributed by atoms with E-state index in [9.17, 15) is 9.18 Å². The fraction of sp³-hybridized carbons (Fsp3) is 0.125. The highest BCUT2D eigenvalue weighted by Gasteiger charge is 2.04. The Morgan fingerprint density at radius 2 is 2.17 bits per heavy atom. The maximum atomic E-state index is 12.9. The van der Waals surface area contributed by atoms with Crippen LogP contribution in [0.15, 0.2) is 18.2 Å². The summed E-state index contributed by atoms with van der Waals surface area (Å²) in [5, 5.41) is 0. The summed E-state index contributed by atoms with van der Waals surface area (Å²) in [5.41, 5.74) is 10.9. The van der Waals surface area contributed by atoms with Crippen LogP contribution in [0.5, 0.6) is 0 Å². The Bertz CT molecular complexity index is 312. The summed E-state index contributed by atoms with van der Waals surface area (Å²) < 4.78 is 12.9. The SMILES string of the molecule is NC(=O)Cc1cc(N)ccc1F. The third kappa shape index (κ3) is 1.95. The van der Waals surface area contributed by atoms with Crippen molar-refractivity contribution in [1.29, 1.82) is 0 Å². The van der Waals surface area contributed by atoms with E-state index >= 15 is 0 Å². The van der Waals surface area contributed by atoms with Crippen LogP contribution in [-0.2, 0) is 11.2 Å². The molecular formula is C8H9FN2O. The minimum absolute atomic E-state index is 0.114. The zero-order valence-electron chi connectivity index (χ0n) is 6.38. The van der Waals surface area contributed by atoms with Gasteiger partial charge in [-0.2, -0.15) is 0 Å². The molecule has 64 valence electrons. The van der Waals surface area contributed by atoms with Gasteiger partial charge in [-0.05, 0) is 23.8 Å². The molecule has 0 fully saturated rings. The summed E-state index contributed by atoms with van der Waals surface area (Å²) >= 11 is 0. The molecule has 1 amide bonds. The number of nitrogens with two attached hydrogens (primary N) is 2. The quantitative estimate of drug-likeness (QED) is 0.629. The van der Waals surface area contributed by atoms with E-state index in [0.29, 0.717) is 5.69 Å². The van der Waals surface area contributed by atoms with Gasteiger partial charge in [0.25, 0.3) is 0 Å². The van der Waals surface area contributed by atoms with Crippen molar-refractivity contribution in [2.45, 2.75) is 6.42 Å². The maximum Gasteiger partial charge on any atom is 0.221 e. The number of carbonyl (C=O) groups is 1. The van der Waals surface area contributed by atoms with Crippen LogP contribution in [0.1, 0.15) is 5.56 Å². The highest BCUT2D eigenvalue weighted by atomic mass is 19.1. The second-order valence-electron chi connectivity index (χ2n) is 2.49. The Hall–Kier alpha value is -1.58. The van der Waals surface area contributed by atoms with Crippen LogP contribution >= 0.6 is 0 Å². The van der Waals surface area contributed by atoms with E-state index in [1.165, 1.54) is 18.2 Å². The van der Waals surface area contributed by atoms with Crippen molar-refractivity contribution >= 4 is 11.6 Å². The van der Waals surface area contributed by atoms with Crippen LogP contribution in [0.2, 0.25) is 0 Å². The molecule has 0 heterocycles. The fourth-order valence-corrected chi connectivity index (χ4v) is 0.918. The second-order valence-corrected chi connectivity index (χ2v) is 2.49. The van der Waals surface area contributed by atoms with E-state index < -0.39 is 11.7 Å². The summed E-state index contributed by atoms with van der Waals surface area (Å²) in [5.74, 6) is -1.03. The summed E-state index contributed by atoms with van der Waals surface area (Å²) in [6.07, 6.45) is -0.114. The zero-order valence-corrected chi connectivity index (χ0v) is 6.38. The molecule has 0 aliphatic carbocycles. The van der Waals surface area contributed by atoms with Crippen LogP contribution in [0, 0.1) is 5.82 Å². The standard InChI is InChI=1S/C8H9FN2O/c9-7-2-1-6(10)3-5(7)4-8(11)12/h1-3H,4,10H2,(H2,11,12). The van der Waals surface area contributed by atoms with Gasteiger partial charge in [0.2, 0.25) is 5.91 Å². The van der Waals surface area contributed by atoms with Crippen LogP contribution < -0.4 is 11.5 Å². The molecule has 1 aromatic rings. The van der Waals surface area contributed by atoms with Crippen molar-refractivity contribution < 1.29 is 9.18 Å². The summed E-state index contributed by atoms with van der Waals surface area (Å²) in [7, 11) is 0. The number of amides is 1. The molecule has 4 N–H and O–H groups in total. The van der Waals surface area contributed by atoms with Gasteiger partial charge in [-0.15, -0.1) is 0 Å². The Morgan fingerprint density at radius 3 is 2.75 bits per heavy atom. The van der Waals surface area contributed by atoms with E-state index in [0.717, 1.165) is 0 Å². The zero-order chi connectivity index (χ0) is 9.14. The lowest BCUT2D eigenvalue weighted by atomic mass is 10.1. The molecule has 12 heavy (non-hydrogen) atoms. The van der Waals surface area contributed by atoms with Gasteiger partial charge in [-0.25, -0.2) is 4.39 Å². The number of halogens is 1. The number of hydrogen-bond acceptors (Lipinski definition) is 2. The van der Waals surface area contributed by atoms with Crippen molar-refractivity contribution in [2.75, 3.05) is 5.73 Å². The monoisotopic (exact) mass is 168 g/mol. The van der Waals surface area contributed by atoms with Crippen LogP contribution in [0.4, 0.5) is 10.1 Å². The molecule has 0 bridgehead atoms. The van der Waals surface area contributed by atoms with E-state index in [-0.39, 0.29) is 12.0 Å². The molecule has 0 aliphatic heterocycles. The molecule has 1 rings (SSSR count). The smallest absolute Gasteiger partial charge is 0.221 e. The van der Waals surface area contributed by atoms with Crippen LogP contribution in [0.25, 0.3) is 0 Å². The Morgan fingerprint density at radius 1 is 1.50 bits per heavy atom. The average Bonchev–Trinajstić information content (AvgIpc) is 1.96. The van der Waals surface area contributed by atoms with Gasteiger partial charge in [-0.3, -0.25) is 4.79 Å². The molecule has 0 saturated carbocycles. The molecule has 0 atom stereocenters. The molecular weight excluding hydrogens is 159 g/mol. The highest BCUT2D eigenvalue weighted by molar-refractivity contribution is 5.76. The predicted octanol–water partition coefficient (Wildman–Crippen LogP) is 0.436. The van der Waals surface area contributed by atoms with Gasteiger partial charge in [0, 0.05) is 5.69 Å². The number of benzene rings is 1. The molecule has 0 radical (unpaired) electrons. The molecule has 3 nitrogen and oxygen atoms in total. The number of hydrogen-bond donors (Lipinski definition) is 2. The molecule has 0 spiro atoms. The topological polar surface area (TPSA) is 69.1 Å². The number of primary amides is 1. The minimum atomic E-state index is -0.570. The Labute approximate surface area is 69.2 Å². The third-order valence-electron chi connectivity index (χ3n) is 1.43. The maximum absolute atomic E-state index is 12.9. The molecule has 0 unspecified atom stereocenters. The van der Waals surface area contributed by atoms with Gasteiger partial charge >= 0.3 is 0 Å². The lowest BCUT2D eigenvalue weighted by Gasteiger charge is -2.00. The van der Waals surface area contributed by atoms with Gasteiger partial charge in [0.05, 0.1) is 6.42 Å². The molecule has 0 aliphatic rings. The highest BCUT2D eigenvalue weighted by Crippen LogP contribution is 2.11. The Balaban J connectivity index is 2.97. The first kappa shape index (κ1) is 8.52. The normalized spacial score (nSPS) is 9.75. The lowest BCUT2D eigenvalue weighted by Crippen LogP contribution is -2.14. The second kappa shape index (κ2) is 3.21. The van der Waals surface area contributed by atoms with Crippen molar-refractivity contribution in [3.05, 3.63) is 29.6 Å². The largest absolute Gasteiger partial charge is 0.399 e. The van der Waals surface area contributed by atoms with Gasteiger partial charge in [0.1, 0.15) is 5.82 Å². The van der Waals surface area contributed by atoms with E-state index in [4.69, 9.17) is 11.5 Å².